The molecule has 1 amide bonds. The number of hydrogen-bond donors (Lipinski definition) is 2. The molecule has 3 N–H and O–H groups in total. The fourth-order valence-electron chi connectivity index (χ4n) is 1.89. The average Bonchev–Trinajstić information content (AvgIpc) is 2.27. The van der Waals surface area contributed by atoms with Gasteiger partial charge in [0.2, 0.25) is 0 Å². The summed E-state index contributed by atoms with van der Waals surface area (Å²) in [5.41, 5.74) is 5.20. The second-order valence-corrected chi connectivity index (χ2v) is 5.54. The number of nitrogens with two attached hydrogens (primary N) is 1. The molecule has 0 saturated heterocycles. The van der Waals surface area contributed by atoms with E-state index in [1.165, 1.54) is 0 Å². The lowest BCUT2D eigenvalue weighted by molar-refractivity contribution is 0.0457. The summed E-state index contributed by atoms with van der Waals surface area (Å²) in [6.45, 7) is 7.53. The third-order valence-corrected chi connectivity index (χ3v) is 2.82. The molecule has 1 aliphatic carbocycles. The number of rotatable bonds is 1. The van der Waals surface area contributed by atoms with Crippen LogP contribution in [0.25, 0.3) is 0 Å². The number of nitrogens with one attached hydrogen (secondary N) is 1. The summed E-state index contributed by atoms with van der Waals surface area (Å²) in [5.74, 6) is 0. The molecule has 1 rings (SSSR count). The van der Waals surface area contributed by atoms with Gasteiger partial charge in [-0.2, -0.15) is 0 Å². The van der Waals surface area contributed by atoms with Crippen LogP contribution in [-0.2, 0) is 4.74 Å². The highest BCUT2D eigenvalue weighted by atomic mass is 16.6. The average molecular weight is 214 g/mol. The zero-order valence-corrected chi connectivity index (χ0v) is 10.1. The highest BCUT2D eigenvalue weighted by Crippen LogP contribution is 2.28. The van der Waals surface area contributed by atoms with E-state index in [-0.39, 0.29) is 17.7 Å². The van der Waals surface area contributed by atoms with Crippen molar-refractivity contribution in [3.63, 3.8) is 0 Å². The van der Waals surface area contributed by atoms with Gasteiger partial charge in [-0.15, -0.1) is 0 Å². The lowest BCUT2D eigenvalue weighted by Crippen LogP contribution is -2.55. The van der Waals surface area contributed by atoms with Gasteiger partial charge in [-0.05, 0) is 47.0 Å². The molecule has 15 heavy (non-hydrogen) atoms. The van der Waals surface area contributed by atoms with Crippen molar-refractivity contribution in [2.75, 3.05) is 0 Å². The Hall–Kier alpha value is -0.770. The summed E-state index contributed by atoms with van der Waals surface area (Å²) in [7, 11) is 0. The molecule has 0 radical (unpaired) electrons. The first kappa shape index (κ1) is 12.3. The Morgan fingerprint density at radius 2 is 2.13 bits per heavy atom. The number of alkyl carbamates (subject to hydrolysis) is 1. The van der Waals surface area contributed by atoms with Gasteiger partial charge < -0.3 is 15.8 Å². The van der Waals surface area contributed by atoms with Crippen molar-refractivity contribution >= 4 is 6.09 Å². The van der Waals surface area contributed by atoms with Crippen LogP contribution < -0.4 is 11.1 Å². The van der Waals surface area contributed by atoms with Crippen molar-refractivity contribution in [3.8, 4) is 0 Å². The lowest BCUT2D eigenvalue weighted by atomic mass is 9.97. The number of ether oxygens (including phenoxy) is 1. The minimum absolute atomic E-state index is 0.0324. The Kier molecular flexibility index (Phi) is 3.28. The van der Waals surface area contributed by atoms with Crippen LogP contribution in [0.5, 0.6) is 0 Å². The van der Waals surface area contributed by atoms with Crippen molar-refractivity contribution < 1.29 is 9.53 Å². The summed E-state index contributed by atoms with van der Waals surface area (Å²) in [4.78, 5) is 11.6. The van der Waals surface area contributed by atoms with Gasteiger partial charge in [0.15, 0.2) is 0 Å². The van der Waals surface area contributed by atoms with E-state index >= 15 is 0 Å². The first-order valence-corrected chi connectivity index (χ1v) is 5.50. The molecular formula is C11H22N2O2. The molecule has 0 aromatic heterocycles. The van der Waals surface area contributed by atoms with Crippen LogP contribution in [-0.4, -0.2) is 23.3 Å². The van der Waals surface area contributed by atoms with E-state index in [0.717, 1.165) is 19.3 Å². The van der Waals surface area contributed by atoms with Crippen molar-refractivity contribution in [3.05, 3.63) is 0 Å². The predicted molar refractivity (Wildman–Crippen MR) is 59.6 cm³/mol. The van der Waals surface area contributed by atoms with Gasteiger partial charge >= 0.3 is 6.09 Å². The number of carbonyl (C=O) groups is 1. The van der Waals surface area contributed by atoms with Crippen molar-refractivity contribution in [2.24, 2.45) is 5.73 Å². The van der Waals surface area contributed by atoms with Gasteiger partial charge in [0, 0.05) is 6.04 Å². The van der Waals surface area contributed by atoms with E-state index in [0.29, 0.717) is 0 Å². The van der Waals surface area contributed by atoms with Crippen LogP contribution in [0.1, 0.15) is 47.0 Å². The van der Waals surface area contributed by atoms with Crippen LogP contribution in [0, 0.1) is 0 Å². The van der Waals surface area contributed by atoms with E-state index < -0.39 is 5.60 Å². The van der Waals surface area contributed by atoms with Crippen LogP contribution in [0.2, 0.25) is 0 Å². The van der Waals surface area contributed by atoms with E-state index in [4.69, 9.17) is 10.5 Å². The van der Waals surface area contributed by atoms with Crippen LogP contribution >= 0.6 is 0 Å². The summed E-state index contributed by atoms with van der Waals surface area (Å²) >= 11 is 0. The third kappa shape index (κ3) is 3.38. The van der Waals surface area contributed by atoms with Gasteiger partial charge in [0.25, 0.3) is 0 Å². The molecule has 0 spiro atoms. The predicted octanol–water partition coefficient (Wildman–Crippen LogP) is 1.78. The summed E-state index contributed by atoms with van der Waals surface area (Å²) in [5, 5.41) is 2.88. The smallest absolute Gasteiger partial charge is 0.408 e. The highest BCUT2D eigenvalue weighted by molar-refractivity contribution is 5.69. The maximum absolute atomic E-state index is 11.6. The molecular weight excluding hydrogens is 192 g/mol. The van der Waals surface area contributed by atoms with Crippen LogP contribution in [0.4, 0.5) is 4.79 Å². The molecule has 0 unspecified atom stereocenters. The molecule has 0 heterocycles. The first-order valence-electron chi connectivity index (χ1n) is 5.50. The molecule has 0 aromatic carbocycles. The standard InChI is InChI=1S/C11H22N2O2/c1-10(2,3)15-9(14)13-11(4)7-5-6-8(11)12/h8H,5-7,12H2,1-4H3,(H,13,14)/t8-,11+/m1/s1. The topological polar surface area (TPSA) is 64.3 Å². The van der Waals surface area contributed by atoms with Crippen molar-refractivity contribution in [1.29, 1.82) is 0 Å². The summed E-state index contributed by atoms with van der Waals surface area (Å²) < 4.78 is 5.21. The molecule has 1 saturated carbocycles. The van der Waals surface area contributed by atoms with Crippen LogP contribution in [0.15, 0.2) is 0 Å². The van der Waals surface area contributed by atoms with E-state index in [9.17, 15) is 4.79 Å². The second kappa shape index (κ2) is 4.00. The molecule has 0 bridgehead atoms. The molecule has 4 nitrogen and oxygen atoms in total. The van der Waals surface area contributed by atoms with E-state index in [2.05, 4.69) is 5.32 Å². The zero-order valence-electron chi connectivity index (χ0n) is 10.1. The molecule has 0 aliphatic heterocycles. The van der Waals surface area contributed by atoms with Gasteiger partial charge in [-0.3, -0.25) is 0 Å². The Morgan fingerprint density at radius 1 is 1.53 bits per heavy atom. The molecule has 1 fully saturated rings. The van der Waals surface area contributed by atoms with Crippen LogP contribution in [0.3, 0.4) is 0 Å². The maximum Gasteiger partial charge on any atom is 0.408 e. The second-order valence-electron chi connectivity index (χ2n) is 5.54. The molecule has 4 heteroatoms. The summed E-state index contributed by atoms with van der Waals surface area (Å²) in [6.07, 6.45) is 2.58. The number of amides is 1. The zero-order chi connectivity index (χ0) is 11.7. The number of carbonyl (C=O) groups excluding carboxylic acids is 1. The highest BCUT2D eigenvalue weighted by Gasteiger charge is 2.38. The normalized spacial score (nSPS) is 31.4. The molecule has 0 aromatic rings. The Morgan fingerprint density at radius 3 is 2.53 bits per heavy atom. The number of hydrogen-bond acceptors (Lipinski definition) is 3. The van der Waals surface area contributed by atoms with Gasteiger partial charge in [-0.25, -0.2) is 4.79 Å². The van der Waals surface area contributed by atoms with Gasteiger partial charge in [-0.1, -0.05) is 0 Å². The summed E-state index contributed by atoms with van der Waals surface area (Å²) in [6, 6.07) is 0.0324. The van der Waals surface area contributed by atoms with Gasteiger partial charge in [0.05, 0.1) is 5.54 Å². The van der Waals surface area contributed by atoms with E-state index in [1.807, 2.05) is 27.7 Å². The SMILES string of the molecule is CC(C)(C)OC(=O)N[C@@]1(C)CCC[C@H]1N. The van der Waals surface area contributed by atoms with Crippen molar-refractivity contribution in [2.45, 2.75) is 64.1 Å². The lowest BCUT2D eigenvalue weighted by Gasteiger charge is -2.31. The molecule has 1 aliphatic rings. The van der Waals surface area contributed by atoms with Crippen molar-refractivity contribution in [1.82, 2.24) is 5.32 Å². The van der Waals surface area contributed by atoms with Gasteiger partial charge in [0.1, 0.15) is 5.60 Å². The molecule has 88 valence electrons. The fourth-order valence-corrected chi connectivity index (χ4v) is 1.89. The van der Waals surface area contributed by atoms with E-state index in [1.54, 1.807) is 0 Å². The minimum atomic E-state index is -0.455. The monoisotopic (exact) mass is 214 g/mol. The molecule has 2 atom stereocenters. The Bertz CT molecular complexity index is 247. The minimum Gasteiger partial charge on any atom is -0.444 e. The third-order valence-electron chi connectivity index (χ3n) is 2.82. The first-order chi connectivity index (χ1) is 6.73. The Labute approximate surface area is 91.5 Å². The maximum atomic E-state index is 11.6. The fraction of sp³-hybridized carbons (Fsp3) is 0.909. The largest absolute Gasteiger partial charge is 0.444 e. The Balaban J connectivity index is 2.51. The quantitative estimate of drug-likeness (QED) is 0.699.